The number of benzene rings is 1. The van der Waals surface area contributed by atoms with Gasteiger partial charge in [-0.3, -0.25) is 5.41 Å². The number of pyridine rings is 1. The number of nitrogen functional groups attached to an aromatic ring is 1. The molecule has 8 heteroatoms. The van der Waals surface area contributed by atoms with Crippen molar-refractivity contribution in [1.82, 2.24) is 4.98 Å². The van der Waals surface area contributed by atoms with Crippen molar-refractivity contribution < 1.29 is 22.6 Å². The molecule has 0 aliphatic rings. The van der Waals surface area contributed by atoms with Crippen LogP contribution in [0.1, 0.15) is 5.56 Å². The molecule has 2 aromatic rings. The lowest BCUT2D eigenvalue weighted by Crippen LogP contribution is -2.16. The summed E-state index contributed by atoms with van der Waals surface area (Å²) in [5.41, 5.74) is 5.76. The minimum Gasteiger partial charge on any atom is -0.439 e. The van der Waals surface area contributed by atoms with Gasteiger partial charge in [0.05, 0.1) is 0 Å². The van der Waals surface area contributed by atoms with Gasteiger partial charge in [0, 0.05) is 17.8 Å². The molecule has 1 aromatic carbocycles. The number of halogens is 3. The van der Waals surface area contributed by atoms with Crippen LogP contribution in [0, 0.1) is 5.41 Å². The zero-order valence-electron chi connectivity index (χ0n) is 10.5. The Morgan fingerprint density at radius 1 is 1.10 bits per heavy atom. The number of alkyl halides is 3. The molecule has 0 saturated carbocycles. The largest absolute Gasteiger partial charge is 0.573 e. The highest BCUT2D eigenvalue weighted by molar-refractivity contribution is 5.95. The first-order valence-electron chi connectivity index (χ1n) is 5.67. The van der Waals surface area contributed by atoms with Gasteiger partial charge in [0.15, 0.2) is 0 Å². The van der Waals surface area contributed by atoms with Gasteiger partial charge in [-0.25, -0.2) is 4.98 Å². The number of rotatable bonds is 4. The van der Waals surface area contributed by atoms with Crippen molar-refractivity contribution in [2.24, 2.45) is 5.73 Å². The Morgan fingerprint density at radius 2 is 1.71 bits per heavy atom. The molecule has 0 radical (unpaired) electrons. The van der Waals surface area contributed by atoms with Crippen LogP contribution in [0.2, 0.25) is 0 Å². The number of hydrogen-bond donors (Lipinski definition) is 2. The van der Waals surface area contributed by atoms with Crippen molar-refractivity contribution in [3.05, 3.63) is 48.2 Å². The minimum absolute atomic E-state index is 0.142. The summed E-state index contributed by atoms with van der Waals surface area (Å²) >= 11 is 0. The Hall–Kier alpha value is -2.77. The van der Waals surface area contributed by atoms with E-state index in [0.717, 1.165) is 12.1 Å². The molecule has 0 saturated heterocycles. The van der Waals surface area contributed by atoms with Gasteiger partial charge in [-0.15, -0.1) is 13.2 Å². The van der Waals surface area contributed by atoms with Gasteiger partial charge in [0.2, 0.25) is 5.88 Å². The molecule has 1 aromatic heterocycles. The summed E-state index contributed by atoms with van der Waals surface area (Å²) in [6.45, 7) is 0. The molecule has 0 unspecified atom stereocenters. The van der Waals surface area contributed by atoms with E-state index in [2.05, 4.69) is 9.72 Å². The Morgan fingerprint density at radius 3 is 2.29 bits per heavy atom. The van der Waals surface area contributed by atoms with Gasteiger partial charge in [-0.05, 0) is 30.3 Å². The third-order valence-corrected chi connectivity index (χ3v) is 2.33. The molecule has 0 spiro atoms. The number of nitrogens with two attached hydrogens (primary N) is 1. The molecule has 0 aliphatic carbocycles. The van der Waals surface area contributed by atoms with Crippen molar-refractivity contribution >= 4 is 5.84 Å². The summed E-state index contributed by atoms with van der Waals surface area (Å²) in [6.07, 6.45) is -3.33. The van der Waals surface area contributed by atoms with E-state index in [9.17, 15) is 13.2 Å². The number of nitrogens with zero attached hydrogens (tertiary/aromatic N) is 1. The maximum Gasteiger partial charge on any atom is 0.573 e. The Labute approximate surface area is 117 Å². The van der Waals surface area contributed by atoms with E-state index in [1.165, 1.54) is 30.5 Å². The summed E-state index contributed by atoms with van der Waals surface area (Å²) < 4.78 is 45.1. The summed E-state index contributed by atoms with van der Waals surface area (Å²) in [5.74, 6) is -0.0404. The summed E-state index contributed by atoms with van der Waals surface area (Å²) in [6, 6.07) is 7.85. The summed E-state index contributed by atoms with van der Waals surface area (Å²) in [5, 5.41) is 7.29. The minimum atomic E-state index is -4.74. The maximum absolute atomic E-state index is 12.0. The summed E-state index contributed by atoms with van der Waals surface area (Å²) in [4.78, 5) is 3.91. The fourth-order valence-corrected chi connectivity index (χ4v) is 1.46. The second kappa shape index (κ2) is 5.70. The number of hydrogen-bond acceptors (Lipinski definition) is 4. The van der Waals surface area contributed by atoms with Gasteiger partial charge >= 0.3 is 6.36 Å². The van der Waals surface area contributed by atoms with E-state index in [4.69, 9.17) is 15.9 Å². The quantitative estimate of drug-likeness (QED) is 0.671. The second-order valence-corrected chi connectivity index (χ2v) is 3.92. The van der Waals surface area contributed by atoms with E-state index in [0.29, 0.717) is 5.56 Å². The van der Waals surface area contributed by atoms with Crippen LogP contribution < -0.4 is 15.2 Å². The average molecular weight is 297 g/mol. The molecule has 0 fully saturated rings. The molecule has 110 valence electrons. The fraction of sp³-hybridized carbons (Fsp3) is 0.0769. The van der Waals surface area contributed by atoms with E-state index >= 15 is 0 Å². The third-order valence-electron chi connectivity index (χ3n) is 2.33. The molecular weight excluding hydrogens is 287 g/mol. The Kier molecular flexibility index (Phi) is 3.97. The molecule has 5 nitrogen and oxygen atoms in total. The molecule has 0 atom stereocenters. The monoisotopic (exact) mass is 297 g/mol. The lowest BCUT2D eigenvalue weighted by molar-refractivity contribution is -0.274. The van der Waals surface area contributed by atoms with Crippen LogP contribution in [0.25, 0.3) is 0 Å². The van der Waals surface area contributed by atoms with E-state index in [1.807, 2.05) is 0 Å². The average Bonchev–Trinajstić information content (AvgIpc) is 2.40. The SMILES string of the molecule is N=C(N)c1ccnc(Oc2ccc(OC(F)(F)F)cc2)c1. The molecule has 1 heterocycles. The maximum atomic E-state index is 12.0. The van der Waals surface area contributed by atoms with Crippen molar-refractivity contribution in [3.8, 4) is 17.4 Å². The van der Waals surface area contributed by atoms with Gasteiger partial charge in [-0.1, -0.05) is 0 Å². The second-order valence-electron chi connectivity index (χ2n) is 3.92. The van der Waals surface area contributed by atoms with Crippen LogP contribution in [0.15, 0.2) is 42.6 Å². The van der Waals surface area contributed by atoms with Crippen LogP contribution in [0.4, 0.5) is 13.2 Å². The van der Waals surface area contributed by atoms with Gasteiger partial charge in [0.25, 0.3) is 0 Å². The van der Waals surface area contributed by atoms with Crippen LogP contribution in [0.3, 0.4) is 0 Å². The van der Waals surface area contributed by atoms with Crippen LogP contribution >= 0.6 is 0 Å². The Balaban J connectivity index is 2.10. The van der Waals surface area contributed by atoms with Crippen LogP contribution in [0.5, 0.6) is 17.4 Å². The van der Waals surface area contributed by atoms with Crippen LogP contribution in [-0.4, -0.2) is 17.2 Å². The lowest BCUT2D eigenvalue weighted by atomic mass is 10.2. The van der Waals surface area contributed by atoms with Crippen molar-refractivity contribution in [2.45, 2.75) is 6.36 Å². The van der Waals surface area contributed by atoms with Crippen molar-refractivity contribution in [2.75, 3.05) is 0 Å². The number of amidine groups is 1. The first-order chi connectivity index (χ1) is 9.83. The topological polar surface area (TPSA) is 81.2 Å². The Bertz CT molecular complexity index is 642. The molecular formula is C13H10F3N3O2. The molecule has 0 bridgehead atoms. The van der Waals surface area contributed by atoms with Gasteiger partial charge in [0.1, 0.15) is 17.3 Å². The first kappa shape index (κ1) is 14.6. The molecule has 0 amide bonds. The van der Waals surface area contributed by atoms with Gasteiger partial charge < -0.3 is 15.2 Å². The normalized spacial score (nSPS) is 11.0. The molecule has 2 rings (SSSR count). The predicted octanol–water partition coefficient (Wildman–Crippen LogP) is 3.06. The highest BCUT2D eigenvalue weighted by atomic mass is 19.4. The number of aromatic nitrogens is 1. The zero-order valence-corrected chi connectivity index (χ0v) is 10.5. The molecule has 21 heavy (non-hydrogen) atoms. The first-order valence-corrected chi connectivity index (χ1v) is 5.67. The number of nitrogens with one attached hydrogen (secondary N) is 1. The molecule has 3 N–H and O–H groups in total. The highest BCUT2D eigenvalue weighted by Crippen LogP contribution is 2.26. The smallest absolute Gasteiger partial charge is 0.439 e. The lowest BCUT2D eigenvalue weighted by Gasteiger charge is -2.10. The van der Waals surface area contributed by atoms with E-state index < -0.39 is 6.36 Å². The summed E-state index contributed by atoms with van der Waals surface area (Å²) in [7, 11) is 0. The van der Waals surface area contributed by atoms with Crippen LogP contribution in [-0.2, 0) is 0 Å². The number of ether oxygens (including phenoxy) is 2. The van der Waals surface area contributed by atoms with Crippen molar-refractivity contribution in [3.63, 3.8) is 0 Å². The standard InChI is InChI=1S/C13H10F3N3O2/c14-13(15,16)21-10-3-1-9(2-4-10)20-11-7-8(12(17)18)5-6-19-11/h1-7H,(H3,17,18). The highest BCUT2D eigenvalue weighted by Gasteiger charge is 2.30. The van der Waals surface area contributed by atoms with E-state index in [-0.39, 0.29) is 23.2 Å². The zero-order chi connectivity index (χ0) is 15.5. The van der Waals surface area contributed by atoms with E-state index in [1.54, 1.807) is 0 Å². The fourth-order valence-electron chi connectivity index (χ4n) is 1.46. The van der Waals surface area contributed by atoms with Gasteiger partial charge in [-0.2, -0.15) is 0 Å². The molecule has 0 aliphatic heterocycles. The third kappa shape index (κ3) is 4.37. The predicted molar refractivity (Wildman–Crippen MR) is 68.5 cm³/mol. The van der Waals surface area contributed by atoms with Crippen molar-refractivity contribution in [1.29, 1.82) is 5.41 Å².